The standard InChI is InChI=1S/C26H32ClN7O3/c1-14-3-5-16(6-4-14)12-34-23-20(30-25(34)33-13-19(35)7-15(33)2)9-21(24-31-26(36)37-32-24)29-22(23)17-8-18(27)11-28-10-17/h8-11,14-16,19,24,32,35H,3-7,12-13H2,1-2H3,(H,31,36)/t14?,15-,16?,19-,24?/m1/s1. The van der Waals surface area contributed by atoms with Gasteiger partial charge in [-0.05, 0) is 50.2 Å². The Bertz CT molecular complexity index is 1320. The van der Waals surface area contributed by atoms with Crippen LogP contribution in [0.2, 0.25) is 5.02 Å². The van der Waals surface area contributed by atoms with Crippen LogP contribution in [0.1, 0.15) is 57.8 Å². The second kappa shape index (κ2) is 9.74. The number of halogens is 1. The van der Waals surface area contributed by atoms with Gasteiger partial charge in [0, 0.05) is 37.1 Å². The number of hydrogen-bond acceptors (Lipinski definition) is 8. The van der Waals surface area contributed by atoms with Crippen molar-refractivity contribution in [2.75, 3.05) is 11.4 Å². The second-order valence-corrected chi connectivity index (χ2v) is 11.2. The largest absolute Gasteiger partial charge is 0.427 e. The molecule has 1 aliphatic carbocycles. The average molecular weight is 526 g/mol. The minimum Gasteiger partial charge on any atom is -0.391 e. The molecular weight excluding hydrogens is 494 g/mol. The monoisotopic (exact) mass is 525 g/mol. The Hall–Kier alpha value is -2.95. The summed E-state index contributed by atoms with van der Waals surface area (Å²) >= 11 is 6.35. The summed E-state index contributed by atoms with van der Waals surface area (Å²) in [6.07, 6.45) is 7.29. The van der Waals surface area contributed by atoms with E-state index >= 15 is 0 Å². The van der Waals surface area contributed by atoms with E-state index < -0.39 is 12.3 Å². The van der Waals surface area contributed by atoms with Crippen LogP contribution in [0.15, 0.2) is 24.5 Å². The van der Waals surface area contributed by atoms with Gasteiger partial charge in [0.15, 0.2) is 6.17 Å². The maximum absolute atomic E-state index is 11.7. The zero-order valence-electron chi connectivity index (χ0n) is 21.0. The van der Waals surface area contributed by atoms with Crippen LogP contribution in [0.5, 0.6) is 0 Å². The first-order chi connectivity index (χ1) is 17.9. The SMILES string of the molecule is CC1CCC(Cn2c(N3C[C@H](O)C[C@H]3C)nc3cc(C4NOC(=O)N4)nc(-c4cncc(Cl)c4)c32)CC1. The van der Waals surface area contributed by atoms with Gasteiger partial charge in [-0.3, -0.25) is 10.3 Å². The molecule has 0 spiro atoms. The topological polar surface area (TPSA) is 117 Å². The van der Waals surface area contributed by atoms with Gasteiger partial charge in [0.25, 0.3) is 0 Å². The Morgan fingerprint density at radius 1 is 1.16 bits per heavy atom. The van der Waals surface area contributed by atoms with Gasteiger partial charge in [0.2, 0.25) is 5.95 Å². The molecule has 3 aromatic rings. The molecule has 10 nitrogen and oxygen atoms in total. The van der Waals surface area contributed by atoms with Crippen molar-refractivity contribution < 1.29 is 14.7 Å². The van der Waals surface area contributed by atoms with Crippen LogP contribution in [-0.2, 0) is 11.4 Å². The number of imidazole rings is 1. The Kier molecular flexibility index (Phi) is 6.42. The van der Waals surface area contributed by atoms with Crippen molar-refractivity contribution in [1.82, 2.24) is 30.3 Å². The normalized spacial score (nSPS) is 28.1. The van der Waals surface area contributed by atoms with E-state index in [1.807, 2.05) is 12.1 Å². The number of fused-ring (bicyclic) bond motifs is 1. The third-order valence-electron chi connectivity index (χ3n) is 7.92. The van der Waals surface area contributed by atoms with Gasteiger partial charge < -0.3 is 19.4 Å². The van der Waals surface area contributed by atoms with Gasteiger partial charge in [-0.15, -0.1) is 5.48 Å². The molecule has 0 bridgehead atoms. The lowest BCUT2D eigenvalue weighted by Crippen LogP contribution is -2.31. The fraction of sp³-hybridized carbons (Fsp3) is 0.538. The number of carbonyl (C=O) groups excluding carboxylic acids is 1. The summed E-state index contributed by atoms with van der Waals surface area (Å²) in [5.41, 5.74) is 6.39. The Balaban J connectivity index is 1.54. The van der Waals surface area contributed by atoms with Crippen LogP contribution in [0.3, 0.4) is 0 Å². The number of hydroxylamine groups is 1. The number of nitrogens with one attached hydrogen (secondary N) is 2. The number of hydrogen-bond donors (Lipinski definition) is 3. The minimum absolute atomic E-state index is 0.157. The summed E-state index contributed by atoms with van der Waals surface area (Å²) in [5, 5.41) is 13.7. The minimum atomic E-state index is -0.608. The van der Waals surface area contributed by atoms with E-state index in [0.717, 1.165) is 35.0 Å². The van der Waals surface area contributed by atoms with Crippen LogP contribution in [0.25, 0.3) is 22.3 Å². The maximum atomic E-state index is 11.7. The molecule has 6 rings (SSSR count). The molecule has 3 N–H and O–H groups in total. The highest BCUT2D eigenvalue weighted by Crippen LogP contribution is 2.38. The summed E-state index contributed by atoms with van der Waals surface area (Å²) < 4.78 is 2.29. The van der Waals surface area contributed by atoms with Crippen molar-refractivity contribution in [2.24, 2.45) is 11.8 Å². The van der Waals surface area contributed by atoms with Crippen LogP contribution < -0.4 is 15.7 Å². The molecule has 3 aliphatic rings. The number of β-amino-alcohol motifs (C(OH)–C–C–N with tert-alkyl or cyclic N) is 1. The smallest absolute Gasteiger partial charge is 0.391 e. The molecular formula is C26H32ClN7O3. The molecule has 196 valence electrons. The fourth-order valence-corrected chi connectivity index (χ4v) is 6.09. The summed E-state index contributed by atoms with van der Waals surface area (Å²) in [6.45, 7) is 5.82. The molecule has 2 aliphatic heterocycles. The highest BCUT2D eigenvalue weighted by Gasteiger charge is 2.34. The summed E-state index contributed by atoms with van der Waals surface area (Å²) in [6, 6.07) is 3.90. The maximum Gasteiger partial charge on any atom is 0.427 e. The molecule has 1 unspecified atom stereocenters. The van der Waals surface area contributed by atoms with E-state index in [0.29, 0.717) is 35.3 Å². The number of pyridine rings is 2. The zero-order chi connectivity index (χ0) is 25.7. The molecule has 3 fully saturated rings. The van der Waals surface area contributed by atoms with Gasteiger partial charge in [0.1, 0.15) is 0 Å². The van der Waals surface area contributed by atoms with Gasteiger partial charge >= 0.3 is 6.09 Å². The molecule has 0 aromatic carbocycles. The number of anilines is 1. The third-order valence-corrected chi connectivity index (χ3v) is 8.12. The van der Waals surface area contributed by atoms with E-state index in [1.165, 1.54) is 25.7 Å². The zero-order valence-corrected chi connectivity index (χ0v) is 21.8. The van der Waals surface area contributed by atoms with Crippen molar-refractivity contribution in [3.05, 3.63) is 35.2 Å². The van der Waals surface area contributed by atoms with Crippen molar-refractivity contribution in [2.45, 2.75) is 70.8 Å². The lowest BCUT2D eigenvalue weighted by atomic mass is 9.83. The third kappa shape index (κ3) is 4.73. The number of aromatic nitrogens is 4. The predicted octanol–water partition coefficient (Wildman–Crippen LogP) is 4.18. The molecule has 1 amide bonds. The summed E-state index contributed by atoms with van der Waals surface area (Å²) in [5.74, 6) is 2.13. The lowest BCUT2D eigenvalue weighted by molar-refractivity contribution is 0.121. The molecule has 1 saturated carbocycles. The van der Waals surface area contributed by atoms with Crippen molar-refractivity contribution in [3.8, 4) is 11.3 Å². The van der Waals surface area contributed by atoms with Crippen LogP contribution in [0, 0.1) is 11.8 Å². The van der Waals surface area contributed by atoms with Crippen molar-refractivity contribution in [3.63, 3.8) is 0 Å². The Labute approximate surface area is 220 Å². The first kappa shape index (κ1) is 24.4. The first-order valence-corrected chi connectivity index (χ1v) is 13.4. The summed E-state index contributed by atoms with van der Waals surface area (Å²) in [4.78, 5) is 33.3. The van der Waals surface area contributed by atoms with E-state index in [4.69, 9.17) is 26.4 Å². The molecule has 3 atom stereocenters. The molecule has 5 heterocycles. The van der Waals surface area contributed by atoms with E-state index in [1.54, 1.807) is 12.4 Å². The van der Waals surface area contributed by atoms with Crippen LogP contribution in [-0.4, -0.2) is 49.4 Å². The van der Waals surface area contributed by atoms with Gasteiger partial charge in [-0.25, -0.2) is 14.8 Å². The second-order valence-electron chi connectivity index (χ2n) is 10.8. The molecule has 11 heteroatoms. The van der Waals surface area contributed by atoms with Gasteiger partial charge in [0.05, 0.1) is 33.5 Å². The van der Waals surface area contributed by atoms with Gasteiger partial charge in [-0.2, -0.15) is 0 Å². The number of carbonyl (C=O) groups is 1. The fourth-order valence-electron chi connectivity index (χ4n) is 5.92. The van der Waals surface area contributed by atoms with Crippen LogP contribution in [0.4, 0.5) is 10.7 Å². The predicted molar refractivity (Wildman–Crippen MR) is 140 cm³/mol. The lowest BCUT2D eigenvalue weighted by Gasteiger charge is -2.29. The number of aliphatic hydroxyl groups excluding tert-OH is 1. The summed E-state index contributed by atoms with van der Waals surface area (Å²) in [7, 11) is 0. The average Bonchev–Trinajstić information content (AvgIpc) is 3.56. The van der Waals surface area contributed by atoms with E-state index in [2.05, 4.69) is 39.1 Å². The number of aliphatic hydroxyl groups is 1. The van der Waals surface area contributed by atoms with E-state index in [9.17, 15) is 9.90 Å². The molecule has 2 saturated heterocycles. The Morgan fingerprint density at radius 3 is 2.65 bits per heavy atom. The molecule has 3 aromatic heterocycles. The van der Waals surface area contributed by atoms with Crippen molar-refractivity contribution >= 4 is 34.7 Å². The molecule has 37 heavy (non-hydrogen) atoms. The van der Waals surface area contributed by atoms with Crippen molar-refractivity contribution in [1.29, 1.82) is 0 Å². The first-order valence-electron chi connectivity index (χ1n) is 13.1. The van der Waals surface area contributed by atoms with Crippen LogP contribution >= 0.6 is 11.6 Å². The van der Waals surface area contributed by atoms with Gasteiger partial charge in [-0.1, -0.05) is 31.4 Å². The Morgan fingerprint density at radius 2 is 1.97 bits per heavy atom. The van der Waals surface area contributed by atoms with E-state index in [-0.39, 0.29) is 12.1 Å². The number of amides is 1. The quantitative estimate of drug-likeness (QED) is 0.454. The highest BCUT2D eigenvalue weighted by atomic mass is 35.5. The molecule has 0 radical (unpaired) electrons. The number of nitrogens with zero attached hydrogens (tertiary/aromatic N) is 5. The number of rotatable bonds is 5. The highest BCUT2D eigenvalue weighted by molar-refractivity contribution is 6.30.